The second-order valence-electron chi connectivity index (χ2n) is 6.70. The van der Waals surface area contributed by atoms with E-state index in [1.54, 1.807) is 7.11 Å². The van der Waals surface area contributed by atoms with Crippen LogP contribution in [0, 0.1) is 0 Å². The van der Waals surface area contributed by atoms with Gasteiger partial charge in [-0.25, -0.2) is 0 Å². The number of nitrogens with one attached hydrogen (secondary N) is 1. The molecule has 1 fully saturated rings. The summed E-state index contributed by atoms with van der Waals surface area (Å²) >= 11 is 0. The second kappa shape index (κ2) is 15.0. The molecule has 6 nitrogen and oxygen atoms in total. The average molecular weight is 504 g/mol. The first-order valence-electron chi connectivity index (χ1n) is 10.2. The molecule has 1 aliphatic rings. The van der Waals surface area contributed by atoms with Gasteiger partial charge in [-0.15, -0.1) is 24.0 Å². The monoisotopic (exact) mass is 504 g/mol. The lowest BCUT2D eigenvalue weighted by Crippen LogP contribution is -2.53. The van der Waals surface area contributed by atoms with Crippen LogP contribution in [0.15, 0.2) is 35.3 Å². The van der Waals surface area contributed by atoms with Crippen molar-refractivity contribution >= 4 is 29.9 Å². The number of hydrogen-bond acceptors (Lipinski definition) is 4. The molecule has 0 aliphatic carbocycles. The number of guanidine groups is 1. The van der Waals surface area contributed by atoms with Crippen LogP contribution in [0.5, 0.6) is 0 Å². The second-order valence-corrected chi connectivity index (χ2v) is 6.70. The van der Waals surface area contributed by atoms with E-state index in [2.05, 4.69) is 59.3 Å². The summed E-state index contributed by atoms with van der Waals surface area (Å²) in [7, 11) is 1.69. The highest BCUT2D eigenvalue weighted by molar-refractivity contribution is 14.0. The summed E-state index contributed by atoms with van der Waals surface area (Å²) in [6.07, 6.45) is 1.14. The summed E-state index contributed by atoms with van der Waals surface area (Å²) in [6, 6.07) is 11.4. The number of benzene rings is 1. The zero-order valence-corrected chi connectivity index (χ0v) is 19.9. The van der Waals surface area contributed by atoms with Crippen LogP contribution in [0.2, 0.25) is 0 Å². The minimum absolute atomic E-state index is 0. The number of hydrogen-bond donors (Lipinski definition) is 1. The average Bonchev–Trinajstić information content (AvgIpc) is 2.72. The van der Waals surface area contributed by atoms with Gasteiger partial charge in [-0.1, -0.05) is 37.3 Å². The van der Waals surface area contributed by atoms with Crippen LogP contribution in [-0.4, -0.2) is 82.0 Å². The summed E-state index contributed by atoms with van der Waals surface area (Å²) in [6.45, 7) is 11.9. The fourth-order valence-electron chi connectivity index (χ4n) is 3.51. The number of methoxy groups -OCH3 is 1. The Morgan fingerprint density at radius 3 is 2.39 bits per heavy atom. The van der Waals surface area contributed by atoms with Crippen molar-refractivity contribution < 1.29 is 9.47 Å². The van der Waals surface area contributed by atoms with E-state index >= 15 is 0 Å². The van der Waals surface area contributed by atoms with Crippen molar-refractivity contribution in [1.82, 2.24) is 15.1 Å². The molecule has 0 bridgehead atoms. The van der Waals surface area contributed by atoms with Gasteiger partial charge in [-0.3, -0.25) is 9.89 Å². The fraction of sp³-hybridized carbons (Fsp3) is 0.667. The van der Waals surface area contributed by atoms with Gasteiger partial charge in [-0.2, -0.15) is 0 Å². The standard InChI is InChI=1S/C21H36N4O2.HI/c1-4-20(19-9-7-6-8-10-19)24-12-14-25(15-13-24)21(22-5-2)23-11-16-27-18-17-26-3;/h6-10,20H,4-5,11-18H2,1-3H3,(H,22,23);1H. The third kappa shape index (κ3) is 8.23. The number of rotatable bonds is 10. The largest absolute Gasteiger partial charge is 0.382 e. The van der Waals surface area contributed by atoms with E-state index in [4.69, 9.17) is 14.5 Å². The molecular weight excluding hydrogens is 467 g/mol. The Kier molecular flexibility index (Phi) is 13.5. The SMILES string of the molecule is CCNC(=NCCOCCOC)N1CCN(C(CC)c2ccccc2)CC1.I. The number of aliphatic imine (C=N–C) groups is 1. The lowest BCUT2D eigenvalue weighted by molar-refractivity contribution is 0.0746. The molecule has 1 atom stereocenters. The zero-order chi connectivity index (χ0) is 19.3. The van der Waals surface area contributed by atoms with E-state index < -0.39 is 0 Å². The van der Waals surface area contributed by atoms with Gasteiger partial charge in [0.25, 0.3) is 0 Å². The van der Waals surface area contributed by atoms with E-state index in [9.17, 15) is 0 Å². The van der Waals surface area contributed by atoms with Gasteiger partial charge in [0.1, 0.15) is 0 Å². The highest BCUT2D eigenvalue weighted by Gasteiger charge is 2.25. The molecule has 1 heterocycles. The van der Waals surface area contributed by atoms with Gasteiger partial charge in [0, 0.05) is 45.9 Å². The van der Waals surface area contributed by atoms with Crippen LogP contribution in [0.25, 0.3) is 0 Å². The van der Waals surface area contributed by atoms with Crippen molar-refractivity contribution in [3.8, 4) is 0 Å². The van der Waals surface area contributed by atoms with E-state index in [0.717, 1.165) is 45.1 Å². The molecule has 1 unspecified atom stereocenters. The first-order chi connectivity index (χ1) is 13.3. The Balaban J connectivity index is 0.00000392. The lowest BCUT2D eigenvalue weighted by atomic mass is 10.0. The Bertz CT molecular complexity index is 536. The normalized spacial score (nSPS) is 16.5. The Morgan fingerprint density at radius 2 is 1.79 bits per heavy atom. The molecule has 1 N–H and O–H groups in total. The molecule has 28 heavy (non-hydrogen) atoms. The maximum atomic E-state index is 5.52. The van der Waals surface area contributed by atoms with Crippen molar-refractivity contribution in [3.05, 3.63) is 35.9 Å². The third-order valence-corrected chi connectivity index (χ3v) is 4.89. The van der Waals surface area contributed by atoms with Crippen molar-refractivity contribution in [2.45, 2.75) is 26.3 Å². The topological polar surface area (TPSA) is 49.3 Å². The highest BCUT2D eigenvalue weighted by Crippen LogP contribution is 2.25. The third-order valence-electron chi connectivity index (χ3n) is 4.89. The molecule has 0 amide bonds. The predicted octanol–water partition coefficient (Wildman–Crippen LogP) is 3.00. The summed E-state index contributed by atoms with van der Waals surface area (Å²) in [4.78, 5) is 9.70. The first-order valence-corrected chi connectivity index (χ1v) is 10.2. The molecule has 0 saturated carbocycles. The molecule has 1 aromatic carbocycles. The number of halogens is 1. The minimum Gasteiger partial charge on any atom is -0.382 e. The number of nitrogens with zero attached hydrogens (tertiary/aromatic N) is 3. The summed E-state index contributed by atoms with van der Waals surface area (Å²) in [5, 5.41) is 3.42. The molecule has 1 aliphatic heterocycles. The Morgan fingerprint density at radius 1 is 1.07 bits per heavy atom. The van der Waals surface area contributed by atoms with Crippen molar-refractivity contribution in [2.24, 2.45) is 4.99 Å². The summed E-state index contributed by atoms with van der Waals surface area (Å²) in [5.41, 5.74) is 1.42. The molecule has 0 aromatic heterocycles. The lowest BCUT2D eigenvalue weighted by Gasteiger charge is -2.40. The van der Waals surface area contributed by atoms with Crippen LogP contribution in [0.3, 0.4) is 0 Å². The van der Waals surface area contributed by atoms with Gasteiger partial charge in [0.05, 0.1) is 26.4 Å². The zero-order valence-electron chi connectivity index (χ0n) is 17.6. The van der Waals surface area contributed by atoms with Crippen LogP contribution in [-0.2, 0) is 9.47 Å². The minimum atomic E-state index is 0. The number of piperazine rings is 1. The van der Waals surface area contributed by atoms with Crippen molar-refractivity contribution in [2.75, 3.05) is 66.2 Å². The molecule has 2 rings (SSSR count). The van der Waals surface area contributed by atoms with Crippen molar-refractivity contribution in [3.63, 3.8) is 0 Å². The van der Waals surface area contributed by atoms with Gasteiger partial charge >= 0.3 is 0 Å². The van der Waals surface area contributed by atoms with Crippen LogP contribution >= 0.6 is 24.0 Å². The van der Waals surface area contributed by atoms with Crippen LogP contribution in [0.1, 0.15) is 31.9 Å². The smallest absolute Gasteiger partial charge is 0.194 e. The predicted molar refractivity (Wildman–Crippen MR) is 127 cm³/mol. The van der Waals surface area contributed by atoms with Crippen LogP contribution < -0.4 is 5.32 Å². The molecule has 1 aromatic rings. The quantitative estimate of drug-likeness (QED) is 0.230. The maximum absolute atomic E-state index is 5.52. The first kappa shape index (κ1) is 25.1. The molecule has 0 spiro atoms. The van der Waals surface area contributed by atoms with Crippen molar-refractivity contribution in [1.29, 1.82) is 0 Å². The highest BCUT2D eigenvalue weighted by atomic mass is 127. The molecule has 160 valence electrons. The molecule has 0 radical (unpaired) electrons. The van der Waals surface area contributed by atoms with E-state index in [1.807, 2.05) is 0 Å². The molecular formula is C21H37IN4O2. The number of ether oxygens (including phenoxy) is 2. The van der Waals surface area contributed by atoms with Gasteiger partial charge in [0.15, 0.2) is 5.96 Å². The summed E-state index contributed by atoms with van der Waals surface area (Å²) < 4.78 is 10.5. The molecule has 7 heteroatoms. The fourth-order valence-corrected chi connectivity index (χ4v) is 3.51. The summed E-state index contributed by atoms with van der Waals surface area (Å²) in [5.74, 6) is 1.00. The van der Waals surface area contributed by atoms with Gasteiger partial charge in [0.2, 0.25) is 0 Å². The van der Waals surface area contributed by atoms with E-state index in [1.165, 1.54) is 5.56 Å². The van der Waals surface area contributed by atoms with Crippen LogP contribution in [0.4, 0.5) is 0 Å². The van der Waals surface area contributed by atoms with E-state index in [0.29, 0.717) is 32.4 Å². The Labute approximate surface area is 187 Å². The van der Waals surface area contributed by atoms with E-state index in [-0.39, 0.29) is 24.0 Å². The molecule has 1 saturated heterocycles. The van der Waals surface area contributed by atoms with Gasteiger partial charge < -0.3 is 19.7 Å². The van der Waals surface area contributed by atoms with Gasteiger partial charge in [-0.05, 0) is 18.9 Å². The Hall–Kier alpha value is -0.900. The maximum Gasteiger partial charge on any atom is 0.194 e.